The van der Waals surface area contributed by atoms with Crippen LogP contribution in [0.1, 0.15) is 12.5 Å². The quantitative estimate of drug-likeness (QED) is 0.485. The van der Waals surface area contributed by atoms with Crippen LogP contribution in [0.25, 0.3) is 11.2 Å². The average Bonchev–Trinajstić information content (AvgIpc) is 2.91. The molecule has 2 aromatic rings. The number of nitrogens with zero attached hydrogens (tertiary/aromatic N) is 3. The van der Waals surface area contributed by atoms with Gasteiger partial charge in [0.25, 0.3) is 5.56 Å². The second kappa shape index (κ2) is 5.28. The second-order valence-corrected chi connectivity index (χ2v) is 4.96. The van der Waals surface area contributed by atoms with Gasteiger partial charge >= 0.3 is 0 Å². The molecule has 0 saturated heterocycles. The lowest BCUT2D eigenvalue weighted by atomic mass is 10.0. The van der Waals surface area contributed by atoms with E-state index >= 15 is 0 Å². The smallest absolute Gasteiger partial charge is 0.280 e. The predicted molar refractivity (Wildman–Crippen MR) is 75.6 cm³/mol. The van der Waals surface area contributed by atoms with E-state index in [2.05, 4.69) is 21.5 Å². The van der Waals surface area contributed by atoms with Gasteiger partial charge in [0.2, 0.25) is 5.95 Å². The first-order valence-electron chi connectivity index (χ1n) is 6.23. The van der Waals surface area contributed by atoms with Gasteiger partial charge < -0.3 is 26.0 Å². The molecule has 2 aromatic heterocycles. The van der Waals surface area contributed by atoms with Gasteiger partial charge in [-0.2, -0.15) is 4.98 Å². The summed E-state index contributed by atoms with van der Waals surface area (Å²) in [6.45, 7) is 3.76. The van der Waals surface area contributed by atoms with Crippen molar-refractivity contribution in [1.29, 1.82) is 0 Å². The number of anilines is 1. The number of hydrogen-bond acceptors (Lipinski definition) is 6. The van der Waals surface area contributed by atoms with Crippen LogP contribution in [0.15, 0.2) is 23.3 Å². The molecule has 0 unspecified atom stereocenters. The first-order valence-corrected chi connectivity index (χ1v) is 6.23. The van der Waals surface area contributed by atoms with Crippen LogP contribution >= 0.6 is 0 Å². The molecular formula is C12H17N5O4. The number of nitrogens with one attached hydrogen (secondary N) is 1. The van der Waals surface area contributed by atoms with Crippen molar-refractivity contribution in [2.75, 3.05) is 12.3 Å². The second-order valence-electron chi connectivity index (χ2n) is 4.96. The largest absolute Gasteiger partial charge is 0.412 e. The summed E-state index contributed by atoms with van der Waals surface area (Å²) in [5.41, 5.74) is 6.37. The molecule has 9 nitrogen and oxygen atoms in total. The van der Waals surface area contributed by atoms with Gasteiger partial charge in [-0.3, -0.25) is 9.78 Å². The fourth-order valence-electron chi connectivity index (χ4n) is 2.74. The maximum absolute atomic E-state index is 11.7. The van der Waals surface area contributed by atoms with Gasteiger partial charge in [-0.15, -0.1) is 0 Å². The molecule has 9 heteroatoms. The van der Waals surface area contributed by atoms with Gasteiger partial charge in [-0.05, 0) is 12.0 Å². The van der Waals surface area contributed by atoms with Crippen molar-refractivity contribution in [2.24, 2.45) is 5.92 Å². The Hall–Kier alpha value is -2.23. The lowest BCUT2D eigenvalue weighted by Gasteiger charge is -2.15. The molecule has 114 valence electrons. The molecule has 1 saturated carbocycles. The number of nitrogen functional groups attached to an aromatic ring is 1. The highest BCUT2D eigenvalue weighted by molar-refractivity contribution is 5.70. The summed E-state index contributed by atoms with van der Waals surface area (Å²) >= 11 is 0. The standard InChI is InChI=1S/C12H15N5O3.H2O/c1-5-6(3-18)8(19)2-7(5)17-4-14-9-10(17)15-12(13)16-11(9)20;/h4,6-8,18-19H,1-3H2,(H3,13,15,16,20);1H2/t6-,7+,8+;/m1./s1. The van der Waals surface area contributed by atoms with Crippen LogP contribution in [-0.2, 0) is 0 Å². The molecule has 1 aliphatic carbocycles. The van der Waals surface area contributed by atoms with Crippen molar-refractivity contribution in [3.63, 3.8) is 0 Å². The van der Waals surface area contributed by atoms with Gasteiger partial charge in [0.1, 0.15) is 0 Å². The van der Waals surface area contributed by atoms with E-state index in [4.69, 9.17) is 5.73 Å². The average molecular weight is 295 g/mol. The summed E-state index contributed by atoms with van der Waals surface area (Å²) in [6.07, 6.45) is 1.20. The van der Waals surface area contributed by atoms with E-state index in [1.54, 1.807) is 4.57 Å². The number of nitrogens with two attached hydrogens (primary N) is 1. The minimum atomic E-state index is -0.672. The van der Waals surface area contributed by atoms with Gasteiger partial charge in [0, 0.05) is 5.92 Å². The Morgan fingerprint density at radius 1 is 1.57 bits per heavy atom. The normalized spacial score (nSPS) is 25.2. The summed E-state index contributed by atoms with van der Waals surface area (Å²) in [6, 6.07) is -0.263. The first kappa shape index (κ1) is 15.2. The van der Waals surface area contributed by atoms with Crippen molar-refractivity contribution < 1.29 is 15.7 Å². The van der Waals surface area contributed by atoms with Crippen LogP contribution in [0.2, 0.25) is 0 Å². The maximum atomic E-state index is 11.7. The van der Waals surface area contributed by atoms with E-state index in [1.165, 1.54) is 6.33 Å². The molecule has 0 aromatic carbocycles. The number of aliphatic hydroxyl groups excluding tert-OH is 2. The van der Waals surface area contributed by atoms with Crippen LogP contribution in [-0.4, -0.2) is 47.9 Å². The van der Waals surface area contributed by atoms with Crippen LogP contribution in [0.4, 0.5) is 5.95 Å². The number of aliphatic hydroxyl groups is 2. The van der Waals surface area contributed by atoms with Gasteiger partial charge in [0.15, 0.2) is 11.2 Å². The fraction of sp³-hybridized carbons (Fsp3) is 0.417. The zero-order valence-corrected chi connectivity index (χ0v) is 11.2. The summed E-state index contributed by atoms with van der Waals surface area (Å²) < 4.78 is 1.67. The maximum Gasteiger partial charge on any atom is 0.280 e. The molecule has 0 radical (unpaired) electrons. The molecular weight excluding hydrogens is 278 g/mol. The topological polar surface area (TPSA) is 162 Å². The minimum absolute atomic E-state index is 0. The molecule has 7 N–H and O–H groups in total. The van der Waals surface area contributed by atoms with Gasteiger partial charge in [-0.1, -0.05) is 6.58 Å². The van der Waals surface area contributed by atoms with E-state index in [9.17, 15) is 15.0 Å². The highest BCUT2D eigenvalue weighted by Crippen LogP contribution is 2.39. The lowest BCUT2D eigenvalue weighted by molar-refractivity contribution is 0.101. The number of rotatable bonds is 2. The van der Waals surface area contributed by atoms with Crippen LogP contribution in [0.5, 0.6) is 0 Å². The summed E-state index contributed by atoms with van der Waals surface area (Å²) in [5, 5.41) is 19.2. The molecule has 0 spiro atoms. The Kier molecular flexibility index (Phi) is 3.81. The van der Waals surface area contributed by atoms with E-state index in [1.807, 2.05) is 0 Å². The third-order valence-corrected chi connectivity index (χ3v) is 3.82. The molecule has 21 heavy (non-hydrogen) atoms. The number of imidazole rings is 1. The number of aromatic amines is 1. The Bertz CT molecular complexity index is 737. The zero-order chi connectivity index (χ0) is 14.4. The van der Waals surface area contributed by atoms with Crippen LogP contribution < -0.4 is 11.3 Å². The van der Waals surface area contributed by atoms with Crippen LogP contribution in [0.3, 0.4) is 0 Å². The number of aromatic nitrogens is 4. The highest BCUT2D eigenvalue weighted by atomic mass is 16.3. The number of hydrogen-bond donors (Lipinski definition) is 4. The van der Waals surface area contributed by atoms with Crippen molar-refractivity contribution >= 4 is 17.1 Å². The van der Waals surface area contributed by atoms with Crippen molar-refractivity contribution in [3.8, 4) is 0 Å². The first-order chi connectivity index (χ1) is 9.52. The lowest BCUT2D eigenvalue weighted by Crippen LogP contribution is -2.17. The molecule has 3 rings (SSSR count). The molecule has 2 heterocycles. The van der Waals surface area contributed by atoms with Gasteiger partial charge in [-0.25, -0.2) is 4.98 Å². The molecule has 1 fully saturated rings. The fourth-order valence-corrected chi connectivity index (χ4v) is 2.74. The van der Waals surface area contributed by atoms with E-state index in [0.717, 1.165) is 0 Å². The monoisotopic (exact) mass is 295 g/mol. The van der Waals surface area contributed by atoms with E-state index < -0.39 is 11.7 Å². The van der Waals surface area contributed by atoms with Crippen molar-refractivity contribution in [3.05, 3.63) is 28.8 Å². The zero-order valence-electron chi connectivity index (χ0n) is 11.2. The number of fused-ring (bicyclic) bond motifs is 1. The van der Waals surface area contributed by atoms with Crippen molar-refractivity contribution in [1.82, 2.24) is 19.5 Å². The predicted octanol–water partition coefficient (Wildman–Crippen LogP) is -1.65. The van der Waals surface area contributed by atoms with Crippen molar-refractivity contribution in [2.45, 2.75) is 18.6 Å². The molecule has 0 amide bonds. The van der Waals surface area contributed by atoms with E-state index in [0.29, 0.717) is 17.6 Å². The Morgan fingerprint density at radius 3 is 2.90 bits per heavy atom. The highest BCUT2D eigenvalue weighted by Gasteiger charge is 2.37. The molecule has 3 atom stereocenters. The third kappa shape index (κ3) is 2.20. The van der Waals surface area contributed by atoms with Crippen LogP contribution in [0, 0.1) is 5.92 Å². The minimum Gasteiger partial charge on any atom is -0.412 e. The SMILES string of the molecule is C=C1[C@@H](CO)[C@@H](O)C[C@@H]1n1cnc2c(=O)[nH]c(N)nc21.O. The van der Waals surface area contributed by atoms with Gasteiger partial charge in [0.05, 0.1) is 25.1 Å². The summed E-state index contributed by atoms with van der Waals surface area (Å²) in [4.78, 5) is 22.2. The van der Waals surface area contributed by atoms with E-state index in [-0.39, 0.29) is 35.5 Å². The Balaban J connectivity index is 0.00000161. The molecule has 0 aliphatic heterocycles. The Labute approximate surface area is 119 Å². The summed E-state index contributed by atoms with van der Waals surface area (Å²) in [7, 11) is 0. The third-order valence-electron chi connectivity index (χ3n) is 3.82. The Morgan fingerprint density at radius 2 is 2.29 bits per heavy atom. The number of H-pyrrole nitrogens is 1. The summed E-state index contributed by atoms with van der Waals surface area (Å²) in [5.74, 6) is -0.371. The molecule has 1 aliphatic rings. The molecule has 0 bridgehead atoms.